The van der Waals surface area contributed by atoms with E-state index >= 15 is 0 Å². The number of carbonyl (C=O) groups excluding carboxylic acids is 4. The lowest BCUT2D eigenvalue weighted by Crippen LogP contribution is -2.52. The summed E-state index contributed by atoms with van der Waals surface area (Å²) < 4.78 is 10.7. The number of rotatable bonds is 6. The van der Waals surface area contributed by atoms with Gasteiger partial charge in [-0.15, -0.1) is 0 Å². The van der Waals surface area contributed by atoms with Gasteiger partial charge >= 0.3 is 12.1 Å². The van der Waals surface area contributed by atoms with Crippen LogP contribution in [0.3, 0.4) is 0 Å². The molecule has 1 rings (SSSR count). The molecule has 0 aromatic rings. The van der Waals surface area contributed by atoms with Gasteiger partial charge in [0.2, 0.25) is 5.78 Å². The van der Waals surface area contributed by atoms with E-state index in [0.29, 0.717) is 25.8 Å². The van der Waals surface area contributed by atoms with Crippen molar-refractivity contribution in [3.8, 4) is 0 Å². The molecule has 1 N–H and O–H groups in total. The molecule has 166 valence electrons. The second-order valence-corrected chi connectivity index (χ2v) is 9.89. The maximum Gasteiger partial charge on any atom is 0.410 e. The van der Waals surface area contributed by atoms with Crippen molar-refractivity contribution < 1.29 is 28.7 Å². The summed E-state index contributed by atoms with van der Waals surface area (Å²) in [5.41, 5.74) is -1.41. The van der Waals surface area contributed by atoms with Crippen LogP contribution in [0.2, 0.25) is 0 Å². The van der Waals surface area contributed by atoms with E-state index in [0.717, 1.165) is 0 Å². The van der Waals surface area contributed by atoms with Crippen molar-refractivity contribution in [2.24, 2.45) is 5.92 Å². The first kappa shape index (κ1) is 24.9. The highest BCUT2D eigenvalue weighted by Crippen LogP contribution is 2.22. The molecule has 0 aliphatic carbocycles. The van der Waals surface area contributed by atoms with E-state index in [4.69, 9.17) is 9.47 Å². The minimum Gasteiger partial charge on any atom is -0.458 e. The second-order valence-electron chi connectivity index (χ2n) is 9.89. The molecule has 29 heavy (non-hydrogen) atoms. The maximum atomic E-state index is 12.7. The Kier molecular flexibility index (Phi) is 8.24. The number of carbonyl (C=O) groups is 4. The zero-order valence-corrected chi connectivity index (χ0v) is 19.0. The number of ether oxygens (including phenoxy) is 2. The number of amides is 2. The first-order valence-corrected chi connectivity index (χ1v) is 10.2. The standard InChI is InChI=1S/C21H36N2O6/c1-13(2)12-14(18(26)28-20(3,4)5)22-17(25)16(24)15-10-9-11-23(15)19(27)29-21(6,7)8/h13-15H,9-12H2,1-8H3,(H,22,25)/t14-,15?/m1/s1. The molecular formula is C21H36N2O6. The Morgan fingerprint density at radius 1 is 1.00 bits per heavy atom. The van der Waals surface area contributed by atoms with Crippen LogP contribution in [0.25, 0.3) is 0 Å². The summed E-state index contributed by atoms with van der Waals surface area (Å²) >= 11 is 0. The molecule has 2 atom stereocenters. The molecule has 1 saturated heterocycles. The maximum absolute atomic E-state index is 12.7. The first-order valence-electron chi connectivity index (χ1n) is 10.2. The zero-order chi connectivity index (χ0) is 22.6. The molecule has 2 amide bonds. The van der Waals surface area contributed by atoms with Gasteiger partial charge in [-0.2, -0.15) is 0 Å². The Morgan fingerprint density at radius 3 is 2.03 bits per heavy atom. The predicted molar refractivity (Wildman–Crippen MR) is 108 cm³/mol. The van der Waals surface area contributed by atoms with Gasteiger partial charge in [0.15, 0.2) is 0 Å². The van der Waals surface area contributed by atoms with E-state index in [9.17, 15) is 19.2 Å². The Morgan fingerprint density at radius 2 is 1.55 bits per heavy atom. The molecule has 0 spiro atoms. The normalized spacial score (nSPS) is 18.4. The van der Waals surface area contributed by atoms with Crippen molar-refractivity contribution in [2.45, 2.75) is 97.9 Å². The van der Waals surface area contributed by atoms with Crippen LogP contribution >= 0.6 is 0 Å². The van der Waals surface area contributed by atoms with Gasteiger partial charge in [0.05, 0.1) is 0 Å². The number of esters is 1. The number of nitrogens with zero attached hydrogens (tertiary/aromatic N) is 1. The third kappa shape index (κ3) is 8.41. The van der Waals surface area contributed by atoms with Gasteiger partial charge < -0.3 is 14.8 Å². The highest BCUT2D eigenvalue weighted by molar-refractivity contribution is 6.38. The Bertz CT molecular complexity index is 630. The van der Waals surface area contributed by atoms with Crippen molar-refractivity contribution in [3.63, 3.8) is 0 Å². The summed E-state index contributed by atoms with van der Waals surface area (Å²) in [5.74, 6) is -2.11. The van der Waals surface area contributed by atoms with Gasteiger partial charge in [-0.25, -0.2) is 9.59 Å². The minimum absolute atomic E-state index is 0.104. The lowest BCUT2D eigenvalue weighted by atomic mass is 10.0. The van der Waals surface area contributed by atoms with Gasteiger partial charge in [-0.05, 0) is 66.7 Å². The van der Waals surface area contributed by atoms with Crippen LogP contribution < -0.4 is 5.32 Å². The summed E-state index contributed by atoms with van der Waals surface area (Å²) in [7, 11) is 0. The Balaban J connectivity index is 2.87. The lowest BCUT2D eigenvalue weighted by molar-refractivity contribution is -0.159. The van der Waals surface area contributed by atoms with E-state index < -0.39 is 47.0 Å². The number of hydrogen-bond donors (Lipinski definition) is 1. The van der Waals surface area contributed by atoms with Crippen LogP contribution in [-0.2, 0) is 23.9 Å². The SMILES string of the molecule is CC(C)C[C@@H](NC(=O)C(=O)C1CCCN1C(=O)OC(C)(C)C)C(=O)OC(C)(C)C. The summed E-state index contributed by atoms with van der Waals surface area (Å²) in [6.07, 6.45) is 0.706. The van der Waals surface area contributed by atoms with Crippen LogP contribution in [0.15, 0.2) is 0 Å². The molecule has 0 aromatic heterocycles. The van der Waals surface area contributed by atoms with Crippen LogP contribution in [0.4, 0.5) is 4.79 Å². The van der Waals surface area contributed by atoms with Crippen LogP contribution in [-0.4, -0.2) is 58.5 Å². The number of ketones is 1. The predicted octanol–water partition coefficient (Wildman–Crippen LogP) is 2.83. The van der Waals surface area contributed by atoms with Crippen LogP contribution in [0.1, 0.15) is 74.7 Å². The topological polar surface area (TPSA) is 102 Å². The zero-order valence-electron chi connectivity index (χ0n) is 19.0. The fourth-order valence-electron chi connectivity index (χ4n) is 3.02. The van der Waals surface area contributed by atoms with E-state index in [1.54, 1.807) is 41.5 Å². The highest BCUT2D eigenvalue weighted by Gasteiger charge is 2.40. The fourth-order valence-corrected chi connectivity index (χ4v) is 3.02. The van der Waals surface area contributed by atoms with Crippen molar-refractivity contribution in [1.82, 2.24) is 10.2 Å². The third-order valence-corrected chi connectivity index (χ3v) is 4.11. The molecule has 8 heteroatoms. The van der Waals surface area contributed by atoms with Crippen molar-refractivity contribution in [2.75, 3.05) is 6.54 Å². The van der Waals surface area contributed by atoms with Gasteiger partial charge in [-0.1, -0.05) is 13.8 Å². The van der Waals surface area contributed by atoms with Crippen molar-refractivity contribution in [1.29, 1.82) is 0 Å². The molecule has 0 saturated carbocycles. The molecular weight excluding hydrogens is 376 g/mol. The Hall–Kier alpha value is -2.12. The van der Waals surface area contributed by atoms with Crippen LogP contribution in [0, 0.1) is 5.92 Å². The van der Waals surface area contributed by atoms with Gasteiger partial charge in [0.1, 0.15) is 23.3 Å². The number of nitrogens with one attached hydrogen (secondary N) is 1. The summed E-state index contributed by atoms with van der Waals surface area (Å²) in [5, 5.41) is 2.51. The average molecular weight is 413 g/mol. The highest BCUT2D eigenvalue weighted by atomic mass is 16.6. The molecule has 1 aliphatic rings. The number of Topliss-reactive ketones (excluding diaryl/α,β-unsaturated/α-hetero) is 1. The third-order valence-electron chi connectivity index (χ3n) is 4.11. The smallest absolute Gasteiger partial charge is 0.410 e. The van der Waals surface area contributed by atoms with Gasteiger partial charge in [0.25, 0.3) is 5.91 Å². The largest absolute Gasteiger partial charge is 0.458 e. The molecule has 0 radical (unpaired) electrons. The molecule has 1 fully saturated rings. The number of hydrogen-bond acceptors (Lipinski definition) is 6. The second kappa shape index (κ2) is 9.59. The Labute approximate surface area is 173 Å². The van der Waals surface area contributed by atoms with E-state index in [2.05, 4.69) is 5.32 Å². The quantitative estimate of drug-likeness (QED) is 0.532. The first-order chi connectivity index (χ1) is 13.1. The van der Waals surface area contributed by atoms with E-state index in [-0.39, 0.29) is 5.92 Å². The van der Waals surface area contributed by atoms with Crippen molar-refractivity contribution >= 4 is 23.8 Å². The monoisotopic (exact) mass is 412 g/mol. The summed E-state index contributed by atoms with van der Waals surface area (Å²) in [4.78, 5) is 51.5. The summed E-state index contributed by atoms with van der Waals surface area (Å²) in [6.45, 7) is 14.6. The lowest BCUT2D eigenvalue weighted by Gasteiger charge is -2.28. The average Bonchev–Trinajstić information content (AvgIpc) is 2.99. The van der Waals surface area contributed by atoms with Gasteiger partial charge in [-0.3, -0.25) is 14.5 Å². The molecule has 0 bridgehead atoms. The fraction of sp³-hybridized carbons (Fsp3) is 0.810. The molecule has 1 heterocycles. The summed E-state index contributed by atoms with van der Waals surface area (Å²) in [6, 6.07) is -1.81. The molecule has 0 aromatic carbocycles. The number of likely N-dealkylation sites (tertiary alicyclic amines) is 1. The minimum atomic E-state index is -0.929. The van der Waals surface area contributed by atoms with Crippen LogP contribution in [0.5, 0.6) is 0 Å². The van der Waals surface area contributed by atoms with Gasteiger partial charge in [0, 0.05) is 6.54 Å². The van der Waals surface area contributed by atoms with E-state index in [1.807, 2.05) is 13.8 Å². The molecule has 1 aliphatic heterocycles. The molecule has 1 unspecified atom stereocenters. The van der Waals surface area contributed by atoms with E-state index in [1.165, 1.54) is 4.90 Å². The van der Waals surface area contributed by atoms with Crippen molar-refractivity contribution in [3.05, 3.63) is 0 Å². The molecule has 8 nitrogen and oxygen atoms in total.